The van der Waals surface area contributed by atoms with Gasteiger partial charge in [-0.3, -0.25) is 6.08 Å². The van der Waals surface area contributed by atoms with E-state index in [-0.39, 0.29) is 26.2 Å². The third kappa shape index (κ3) is 1.92. The molecule has 0 fully saturated rings. The maximum Gasteiger partial charge on any atom is 0 e. The van der Waals surface area contributed by atoms with Crippen LogP contribution in [0.5, 0.6) is 0 Å². The Morgan fingerprint density at radius 1 is 1.50 bits per heavy atom. The Morgan fingerprint density at radius 2 is 2.33 bits per heavy atom. The third-order valence-electron chi connectivity index (χ3n) is 0.814. The van der Waals surface area contributed by atoms with Gasteiger partial charge in [-0.2, -0.15) is 6.42 Å². The summed E-state index contributed by atoms with van der Waals surface area (Å²) >= 11 is 0. The van der Waals surface area contributed by atoms with Gasteiger partial charge in [-0.1, -0.05) is 12.8 Å². The van der Waals surface area contributed by atoms with Crippen molar-refractivity contribution in [3.8, 4) is 0 Å². The molecule has 6 heavy (non-hydrogen) atoms. The molecule has 0 saturated heterocycles. The summed E-state index contributed by atoms with van der Waals surface area (Å²) in [4.78, 5) is 0. The maximum absolute atomic E-state index is 3.10. The van der Waals surface area contributed by atoms with Crippen molar-refractivity contribution in [2.45, 2.75) is 19.3 Å². The Hall–Kier alpha value is 0.623. The van der Waals surface area contributed by atoms with Crippen molar-refractivity contribution in [2.24, 2.45) is 0 Å². The fourth-order valence-electron chi connectivity index (χ4n) is 0.510. The van der Waals surface area contributed by atoms with E-state index in [1.54, 1.807) is 0 Å². The Kier molecular flexibility index (Phi) is 4.20. The summed E-state index contributed by atoms with van der Waals surface area (Å²) in [6.07, 6.45) is 9.00. The summed E-state index contributed by atoms with van der Waals surface area (Å²) in [5.74, 6) is 0. The Labute approximate surface area is 57.8 Å². The molecular formula is C5H7Zr-. The standard InChI is InChI=1S/C5H7.Zr/c1-2-4-5-3-1;/h1H,2,4-5H2;/q-1;. The summed E-state index contributed by atoms with van der Waals surface area (Å²) in [5, 5.41) is 0. The third-order valence-corrected chi connectivity index (χ3v) is 0.814. The van der Waals surface area contributed by atoms with Crippen LogP contribution in [-0.4, -0.2) is 0 Å². The molecule has 0 aromatic rings. The van der Waals surface area contributed by atoms with E-state index >= 15 is 0 Å². The fraction of sp³-hybridized carbons (Fsp3) is 0.600. The first-order valence-electron chi connectivity index (χ1n) is 2.05. The van der Waals surface area contributed by atoms with E-state index in [1.165, 1.54) is 19.3 Å². The van der Waals surface area contributed by atoms with Crippen LogP contribution in [0.3, 0.4) is 0 Å². The van der Waals surface area contributed by atoms with E-state index < -0.39 is 0 Å². The van der Waals surface area contributed by atoms with Gasteiger partial charge >= 0.3 is 0 Å². The number of hydrogen-bond donors (Lipinski definition) is 0. The zero-order valence-corrected chi connectivity index (χ0v) is 6.16. The summed E-state index contributed by atoms with van der Waals surface area (Å²) in [5.41, 5.74) is 0. The zero-order valence-electron chi connectivity index (χ0n) is 3.70. The molecule has 0 unspecified atom stereocenters. The molecule has 0 aromatic heterocycles. The van der Waals surface area contributed by atoms with Crippen molar-refractivity contribution in [2.75, 3.05) is 0 Å². The van der Waals surface area contributed by atoms with Crippen LogP contribution in [-0.2, 0) is 26.2 Å². The minimum atomic E-state index is 0. The van der Waals surface area contributed by atoms with Gasteiger partial charge in [-0.25, -0.2) is 0 Å². The summed E-state index contributed by atoms with van der Waals surface area (Å²) in [6, 6.07) is 0. The summed E-state index contributed by atoms with van der Waals surface area (Å²) < 4.78 is 0. The largest absolute Gasteiger partial charge is 0.501 e. The van der Waals surface area contributed by atoms with Crippen molar-refractivity contribution in [1.82, 2.24) is 0 Å². The van der Waals surface area contributed by atoms with Crippen LogP contribution in [0, 0.1) is 6.08 Å². The maximum atomic E-state index is 3.10. The van der Waals surface area contributed by atoms with E-state index in [4.69, 9.17) is 0 Å². The summed E-state index contributed by atoms with van der Waals surface area (Å²) in [7, 11) is 0. The second-order valence-corrected chi connectivity index (χ2v) is 1.30. The Bertz CT molecular complexity index is 41.9. The molecule has 0 saturated carbocycles. The van der Waals surface area contributed by atoms with E-state index in [0.717, 1.165) is 0 Å². The van der Waals surface area contributed by atoms with Crippen molar-refractivity contribution >= 4 is 0 Å². The van der Waals surface area contributed by atoms with Crippen LogP contribution in [0.25, 0.3) is 0 Å². The van der Waals surface area contributed by atoms with Crippen molar-refractivity contribution in [3.05, 3.63) is 12.2 Å². The van der Waals surface area contributed by atoms with Crippen LogP contribution in [0.2, 0.25) is 0 Å². The predicted molar refractivity (Wildman–Crippen MR) is 21.7 cm³/mol. The topological polar surface area (TPSA) is 0 Å². The van der Waals surface area contributed by atoms with Crippen LogP contribution in [0.4, 0.5) is 0 Å². The average Bonchev–Trinajstić information content (AvgIpc) is 1.76. The molecule has 0 aromatic carbocycles. The molecule has 1 rings (SSSR count). The van der Waals surface area contributed by atoms with E-state index in [2.05, 4.69) is 12.2 Å². The predicted octanol–water partition coefficient (Wildman–Crippen LogP) is 1.53. The van der Waals surface area contributed by atoms with Crippen LogP contribution in [0.15, 0.2) is 6.08 Å². The van der Waals surface area contributed by atoms with E-state index in [0.29, 0.717) is 0 Å². The van der Waals surface area contributed by atoms with Gasteiger partial charge < -0.3 is 6.08 Å². The molecule has 32 valence electrons. The molecule has 0 aliphatic heterocycles. The second kappa shape index (κ2) is 3.80. The van der Waals surface area contributed by atoms with Crippen LogP contribution < -0.4 is 0 Å². The van der Waals surface area contributed by atoms with Gasteiger partial charge in [0.05, 0.1) is 0 Å². The van der Waals surface area contributed by atoms with Crippen molar-refractivity contribution in [3.63, 3.8) is 0 Å². The molecule has 0 N–H and O–H groups in total. The van der Waals surface area contributed by atoms with Gasteiger partial charge in [-0.15, -0.1) is 0 Å². The first-order valence-corrected chi connectivity index (χ1v) is 2.05. The molecular weight excluding hydrogens is 151 g/mol. The average molecular weight is 158 g/mol. The fourth-order valence-corrected chi connectivity index (χ4v) is 0.510. The van der Waals surface area contributed by atoms with Crippen LogP contribution in [0.1, 0.15) is 19.3 Å². The number of rotatable bonds is 0. The minimum absolute atomic E-state index is 0. The molecule has 0 bridgehead atoms. The molecule has 1 aliphatic rings. The Morgan fingerprint density at radius 3 is 2.50 bits per heavy atom. The summed E-state index contributed by atoms with van der Waals surface area (Å²) in [6.45, 7) is 0. The van der Waals surface area contributed by atoms with Gasteiger partial charge in [0.1, 0.15) is 0 Å². The second-order valence-electron chi connectivity index (χ2n) is 1.30. The monoisotopic (exact) mass is 157 g/mol. The van der Waals surface area contributed by atoms with E-state index in [9.17, 15) is 0 Å². The molecule has 0 nitrogen and oxygen atoms in total. The molecule has 1 heteroatoms. The smallest absolute Gasteiger partial charge is 0 e. The molecule has 0 spiro atoms. The van der Waals surface area contributed by atoms with Gasteiger partial charge in [0.15, 0.2) is 0 Å². The molecule has 1 aliphatic carbocycles. The molecule has 0 radical (unpaired) electrons. The quantitative estimate of drug-likeness (QED) is 0.469. The molecule has 0 atom stereocenters. The van der Waals surface area contributed by atoms with Gasteiger partial charge in [0, 0.05) is 26.2 Å². The van der Waals surface area contributed by atoms with Crippen molar-refractivity contribution < 1.29 is 26.2 Å². The van der Waals surface area contributed by atoms with Crippen LogP contribution >= 0.6 is 0 Å². The normalized spacial score (nSPS) is 17.3. The first-order chi connectivity index (χ1) is 2.50. The van der Waals surface area contributed by atoms with Crippen molar-refractivity contribution in [1.29, 1.82) is 0 Å². The van der Waals surface area contributed by atoms with Gasteiger partial charge in [-0.05, 0) is 0 Å². The van der Waals surface area contributed by atoms with Gasteiger partial charge in [0.2, 0.25) is 0 Å². The number of allylic oxidation sites excluding steroid dienone is 2. The minimum Gasteiger partial charge on any atom is -0.501 e. The molecule has 0 heterocycles. The molecule has 0 amide bonds. The Balaban J connectivity index is 0.000000250. The SMILES string of the molecule is [C-]1=CCCC1.[Zr]. The number of hydrogen-bond acceptors (Lipinski definition) is 0. The zero-order chi connectivity index (χ0) is 3.54. The van der Waals surface area contributed by atoms with E-state index in [1.807, 2.05) is 0 Å². The van der Waals surface area contributed by atoms with Gasteiger partial charge in [0.25, 0.3) is 0 Å². The first kappa shape index (κ1) is 6.62.